The van der Waals surface area contributed by atoms with Gasteiger partial charge in [-0.3, -0.25) is 19.0 Å². The van der Waals surface area contributed by atoms with Crippen molar-refractivity contribution in [2.45, 2.75) is 33.6 Å². The van der Waals surface area contributed by atoms with E-state index in [0.29, 0.717) is 11.1 Å². The van der Waals surface area contributed by atoms with E-state index in [4.69, 9.17) is 4.74 Å². The molecule has 8 heteroatoms. The highest BCUT2D eigenvalue weighted by Crippen LogP contribution is 2.23. The lowest BCUT2D eigenvalue weighted by Gasteiger charge is -2.06. The number of hydrogen-bond acceptors (Lipinski definition) is 6. The maximum Gasteiger partial charge on any atom is 0.306 e. The van der Waals surface area contributed by atoms with Crippen molar-refractivity contribution in [3.05, 3.63) is 69.7 Å². The van der Waals surface area contributed by atoms with Gasteiger partial charge in [-0.1, -0.05) is 0 Å². The van der Waals surface area contributed by atoms with Gasteiger partial charge in [0.2, 0.25) is 5.78 Å². The van der Waals surface area contributed by atoms with Crippen molar-refractivity contribution in [1.29, 1.82) is 0 Å². The number of aryl methyl sites for hydroxylation is 2. The average Bonchev–Trinajstić information content (AvgIpc) is 3.26. The summed E-state index contributed by atoms with van der Waals surface area (Å²) < 4.78 is 19.9. The van der Waals surface area contributed by atoms with Gasteiger partial charge in [-0.15, -0.1) is 11.3 Å². The largest absolute Gasteiger partial charge is 0.457 e. The minimum Gasteiger partial charge on any atom is -0.457 e. The Labute approximate surface area is 177 Å². The fourth-order valence-corrected chi connectivity index (χ4v) is 3.99. The zero-order valence-corrected chi connectivity index (χ0v) is 17.7. The van der Waals surface area contributed by atoms with E-state index in [9.17, 15) is 18.8 Å². The summed E-state index contributed by atoms with van der Waals surface area (Å²) in [6.45, 7) is 5.21. The molecule has 0 aliphatic carbocycles. The second-order valence-corrected chi connectivity index (χ2v) is 7.74. The summed E-state index contributed by atoms with van der Waals surface area (Å²) in [5.41, 5.74) is 3.29. The summed E-state index contributed by atoms with van der Waals surface area (Å²) in [5.74, 6) is -1.68. The van der Waals surface area contributed by atoms with Crippen molar-refractivity contribution in [3.63, 3.8) is 0 Å². The van der Waals surface area contributed by atoms with Crippen LogP contribution in [0.4, 0.5) is 4.39 Å². The Kier molecular flexibility index (Phi) is 6.56. The van der Waals surface area contributed by atoms with Crippen LogP contribution in [0.15, 0.2) is 35.7 Å². The van der Waals surface area contributed by atoms with Crippen LogP contribution in [0.3, 0.4) is 0 Å². The minimum absolute atomic E-state index is 0.0728. The smallest absolute Gasteiger partial charge is 0.306 e. The lowest BCUT2D eigenvalue weighted by atomic mass is 10.1. The standard InChI is InChI=1S/C22H21FN2O4S/c1-13-12-30-22(24-13)25-14(2)10-18(15(25)3)20(27)11-29-21(28)9-8-19(26)16-4-6-17(23)7-5-16/h4-7,10,12H,8-9,11H2,1-3H3. The molecule has 2 aromatic heterocycles. The van der Waals surface area contributed by atoms with E-state index in [1.807, 2.05) is 30.7 Å². The quantitative estimate of drug-likeness (QED) is 0.393. The minimum atomic E-state index is -0.636. The zero-order valence-electron chi connectivity index (χ0n) is 16.9. The summed E-state index contributed by atoms with van der Waals surface area (Å²) in [6, 6.07) is 6.86. The van der Waals surface area contributed by atoms with Crippen LogP contribution in [0.25, 0.3) is 5.13 Å². The van der Waals surface area contributed by atoms with Crippen LogP contribution in [0, 0.1) is 26.6 Å². The van der Waals surface area contributed by atoms with Gasteiger partial charge in [-0.05, 0) is 51.1 Å². The van der Waals surface area contributed by atoms with Crippen LogP contribution >= 0.6 is 11.3 Å². The number of nitrogens with zero attached hydrogens (tertiary/aromatic N) is 2. The lowest BCUT2D eigenvalue weighted by Crippen LogP contribution is -2.15. The number of hydrogen-bond donors (Lipinski definition) is 0. The number of halogens is 1. The molecular weight excluding hydrogens is 407 g/mol. The fraction of sp³-hybridized carbons (Fsp3) is 0.273. The van der Waals surface area contributed by atoms with Crippen molar-refractivity contribution >= 4 is 28.9 Å². The van der Waals surface area contributed by atoms with Gasteiger partial charge in [0.15, 0.2) is 17.5 Å². The second kappa shape index (κ2) is 9.13. The van der Waals surface area contributed by atoms with Crippen molar-refractivity contribution < 1.29 is 23.5 Å². The average molecular weight is 428 g/mol. The fourth-order valence-electron chi connectivity index (χ4n) is 3.08. The molecule has 30 heavy (non-hydrogen) atoms. The molecule has 2 heterocycles. The van der Waals surface area contributed by atoms with Gasteiger partial charge in [0.25, 0.3) is 0 Å². The highest BCUT2D eigenvalue weighted by molar-refractivity contribution is 7.12. The van der Waals surface area contributed by atoms with Gasteiger partial charge >= 0.3 is 5.97 Å². The molecule has 0 N–H and O–H groups in total. The molecular formula is C22H21FN2O4S. The summed E-state index contributed by atoms with van der Waals surface area (Å²) in [6.07, 6.45) is -0.225. The number of aromatic nitrogens is 2. The first-order valence-electron chi connectivity index (χ1n) is 9.35. The molecule has 0 saturated carbocycles. The third-order valence-corrected chi connectivity index (χ3v) is 5.56. The van der Waals surface area contributed by atoms with Crippen molar-refractivity contribution in [3.8, 4) is 5.13 Å². The van der Waals surface area contributed by atoms with Gasteiger partial charge in [-0.25, -0.2) is 9.37 Å². The summed E-state index contributed by atoms with van der Waals surface area (Å²) in [4.78, 5) is 41.0. The molecule has 0 fully saturated rings. The van der Waals surface area contributed by atoms with E-state index in [1.54, 1.807) is 6.07 Å². The van der Waals surface area contributed by atoms with Crippen LogP contribution in [0.2, 0.25) is 0 Å². The first-order chi connectivity index (χ1) is 14.3. The molecule has 3 aromatic rings. The van der Waals surface area contributed by atoms with Crippen LogP contribution in [-0.4, -0.2) is 33.7 Å². The molecule has 0 unspecified atom stereocenters. The Hall–Kier alpha value is -3.13. The van der Waals surface area contributed by atoms with Crippen LogP contribution in [0.5, 0.6) is 0 Å². The van der Waals surface area contributed by atoms with E-state index in [1.165, 1.54) is 35.6 Å². The van der Waals surface area contributed by atoms with Crippen molar-refractivity contribution in [1.82, 2.24) is 9.55 Å². The maximum atomic E-state index is 12.9. The number of esters is 1. The number of benzene rings is 1. The third kappa shape index (κ3) is 4.88. The van der Waals surface area contributed by atoms with Gasteiger partial charge in [-0.2, -0.15) is 0 Å². The molecule has 3 rings (SSSR count). The Morgan fingerprint density at radius 1 is 1.07 bits per heavy atom. The van der Waals surface area contributed by atoms with E-state index in [0.717, 1.165) is 22.2 Å². The van der Waals surface area contributed by atoms with Crippen LogP contribution in [0.1, 0.15) is 50.6 Å². The monoisotopic (exact) mass is 428 g/mol. The van der Waals surface area contributed by atoms with Crippen LogP contribution < -0.4 is 0 Å². The summed E-state index contributed by atoms with van der Waals surface area (Å²) >= 11 is 1.48. The van der Waals surface area contributed by atoms with Gasteiger partial charge < -0.3 is 4.74 Å². The predicted octanol–water partition coefficient (Wildman–Crippen LogP) is 4.39. The molecule has 0 amide bonds. The molecule has 1 aromatic carbocycles. The molecule has 0 aliphatic heterocycles. The molecule has 0 atom stereocenters. The second-order valence-electron chi connectivity index (χ2n) is 6.91. The SMILES string of the molecule is Cc1csc(-n2c(C)cc(C(=O)COC(=O)CCC(=O)c3ccc(F)cc3)c2C)n1. The van der Waals surface area contributed by atoms with Gasteiger partial charge in [0, 0.05) is 34.3 Å². The highest BCUT2D eigenvalue weighted by atomic mass is 32.1. The topological polar surface area (TPSA) is 78.3 Å². The summed E-state index contributed by atoms with van der Waals surface area (Å²) in [5, 5.41) is 2.71. The molecule has 0 saturated heterocycles. The number of carbonyl (C=O) groups excluding carboxylic acids is 3. The molecule has 6 nitrogen and oxygen atoms in total. The number of thiazole rings is 1. The molecule has 0 bridgehead atoms. The first-order valence-corrected chi connectivity index (χ1v) is 10.2. The highest BCUT2D eigenvalue weighted by Gasteiger charge is 2.19. The van der Waals surface area contributed by atoms with Gasteiger partial charge in [0.1, 0.15) is 5.82 Å². The van der Waals surface area contributed by atoms with E-state index < -0.39 is 18.4 Å². The Morgan fingerprint density at radius 2 is 1.77 bits per heavy atom. The maximum absolute atomic E-state index is 12.9. The number of ether oxygens (including phenoxy) is 1. The molecule has 0 radical (unpaired) electrons. The predicted molar refractivity (Wildman–Crippen MR) is 111 cm³/mol. The molecule has 0 aliphatic rings. The van der Waals surface area contributed by atoms with Gasteiger partial charge in [0.05, 0.1) is 12.1 Å². The Bertz CT molecular complexity index is 1100. The number of rotatable bonds is 8. The van der Waals surface area contributed by atoms with Crippen molar-refractivity contribution in [2.75, 3.05) is 6.61 Å². The van der Waals surface area contributed by atoms with Crippen molar-refractivity contribution in [2.24, 2.45) is 0 Å². The van der Waals surface area contributed by atoms with Crippen LogP contribution in [-0.2, 0) is 9.53 Å². The van der Waals surface area contributed by atoms with E-state index in [-0.39, 0.29) is 24.4 Å². The summed E-state index contributed by atoms with van der Waals surface area (Å²) in [7, 11) is 0. The number of ketones is 2. The normalized spacial score (nSPS) is 10.8. The first kappa shape index (κ1) is 21.6. The zero-order chi connectivity index (χ0) is 21.8. The number of Topliss-reactive ketones (excluding diaryl/α,β-unsaturated/α-hetero) is 2. The molecule has 156 valence electrons. The Balaban J connectivity index is 1.56. The third-order valence-electron chi connectivity index (χ3n) is 4.62. The number of carbonyl (C=O) groups is 3. The van der Waals surface area contributed by atoms with E-state index >= 15 is 0 Å². The molecule has 0 spiro atoms. The Morgan fingerprint density at radius 3 is 2.40 bits per heavy atom. The van der Waals surface area contributed by atoms with E-state index in [2.05, 4.69) is 4.98 Å². The lowest BCUT2D eigenvalue weighted by molar-refractivity contribution is -0.142.